The fourth-order valence-corrected chi connectivity index (χ4v) is 0.728. The minimum atomic E-state index is 0.705. The van der Waals surface area contributed by atoms with Gasteiger partial charge in [-0.25, -0.2) is 10.8 Å². The molecule has 0 radical (unpaired) electrons. The molecule has 0 bridgehead atoms. The fraction of sp³-hybridized carbons (Fsp3) is 0.125. The molecule has 0 saturated heterocycles. The Morgan fingerprint density at radius 2 is 2.00 bits per heavy atom. The summed E-state index contributed by atoms with van der Waals surface area (Å²) in [5.74, 6) is 5.84. The zero-order valence-electron chi connectivity index (χ0n) is 6.41. The summed E-state index contributed by atoms with van der Waals surface area (Å²) in [5, 5.41) is 0. The molecule has 11 heavy (non-hydrogen) atoms. The molecule has 1 rings (SSSR count). The molecule has 3 heteroatoms. The molecular formula is C8H11N3. The highest BCUT2D eigenvalue weighted by molar-refractivity contribution is 5.81. The Kier molecular flexibility index (Phi) is 2.63. The molecule has 58 valence electrons. The minimum absolute atomic E-state index is 0.705. The lowest BCUT2D eigenvalue weighted by molar-refractivity contribution is 1.02. The number of rotatable bonds is 1. The Hall–Kier alpha value is -1.35. The van der Waals surface area contributed by atoms with Crippen LogP contribution in [0.4, 0.5) is 5.69 Å². The Labute approximate surface area is 65.9 Å². The van der Waals surface area contributed by atoms with Crippen molar-refractivity contribution >= 4 is 11.5 Å². The van der Waals surface area contributed by atoms with Gasteiger partial charge in [0.1, 0.15) is 5.84 Å². The Bertz CT molecular complexity index is 241. The van der Waals surface area contributed by atoms with Crippen LogP contribution in [0.25, 0.3) is 0 Å². The molecule has 0 aromatic heterocycles. The van der Waals surface area contributed by atoms with Crippen LogP contribution in [0.15, 0.2) is 35.3 Å². The lowest BCUT2D eigenvalue weighted by Crippen LogP contribution is -2.27. The van der Waals surface area contributed by atoms with Crippen molar-refractivity contribution in [2.75, 3.05) is 0 Å². The van der Waals surface area contributed by atoms with Crippen molar-refractivity contribution in [3.63, 3.8) is 0 Å². The van der Waals surface area contributed by atoms with Gasteiger partial charge in [0, 0.05) is 0 Å². The van der Waals surface area contributed by atoms with Gasteiger partial charge in [0.2, 0.25) is 0 Å². The predicted molar refractivity (Wildman–Crippen MR) is 46.5 cm³/mol. The summed E-state index contributed by atoms with van der Waals surface area (Å²) < 4.78 is 0. The average molecular weight is 149 g/mol. The monoisotopic (exact) mass is 149 g/mol. The molecule has 0 saturated carbocycles. The van der Waals surface area contributed by atoms with Gasteiger partial charge < -0.3 is 5.43 Å². The maximum Gasteiger partial charge on any atom is 0.113 e. The van der Waals surface area contributed by atoms with Crippen LogP contribution in [-0.2, 0) is 0 Å². The molecule has 0 heterocycles. The van der Waals surface area contributed by atoms with Crippen LogP contribution in [0.5, 0.6) is 0 Å². The normalized spacial score (nSPS) is 11.3. The SMILES string of the molecule is CC(=Nc1ccccc1)NN. The van der Waals surface area contributed by atoms with E-state index in [0.717, 1.165) is 5.69 Å². The van der Waals surface area contributed by atoms with Gasteiger partial charge in [-0.2, -0.15) is 0 Å². The lowest BCUT2D eigenvalue weighted by atomic mass is 10.3. The smallest absolute Gasteiger partial charge is 0.113 e. The third kappa shape index (κ3) is 2.39. The molecule has 0 spiro atoms. The number of amidine groups is 1. The third-order valence-electron chi connectivity index (χ3n) is 1.26. The average Bonchev–Trinajstić information content (AvgIpc) is 2.06. The zero-order chi connectivity index (χ0) is 8.10. The first kappa shape index (κ1) is 7.75. The van der Waals surface area contributed by atoms with Crippen LogP contribution in [0.2, 0.25) is 0 Å². The van der Waals surface area contributed by atoms with E-state index in [9.17, 15) is 0 Å². The van der Waals surface area contributed by atoms with Crippen LogP contribution in [0.1, 0.15) is 6.92 Å². The summed E-state index contributed by atoms with van der Waals surface area (Å²) in [6, 6.07) is 9.65. The van der Waals surface area contributed by atoms with Gasteiger partial charge in [-0.05, 0) is 19.1 Å². The molecule has 1 aromatic carbocycles. The van der Waals surface area contributed by atoms with Crippen molar-refractivity contribution in [3.05, 3.63) is 30.3 Å². The number of hydrogen-bond donors (Lipinski definition) is 2. The molecule has 3 N–H and O–H groups in total. The van der Waals surface area contributed by atoms with E-state index in [1.807, 2.05) is 37.3 Å². The van der Waals surface area contributed by atoms with Crippen LogP contribution in [-0.4, -0.2) is 5.84 Å². The second-order valence-electron chi connectivity index (χ2n) is 2.18. The van der Waals surface area contributed by atoms with Crippen LogP contribution >= 0.6 is 0 Å². The van der Waals surface area contributed by atoms with Gasteiger partial charge in [0.05, 0.1) is 5.69 Å². The van der Waals surface area contributed by atoms with Gasteiger partial charge in [-0.15, -0.1) is 0 Å². The second-order valence-corrected chi connectivity index (χ2v) is 2.18. The van der Waals surface area contributed by atoms with E-state index >= 15 is 0 Å². The quantitative estimate of drug-likeness (QED) is 0.273. The Balaban J connectivity index is 2.79. The van der Waals surface area contributed by atoms with Gasteiger partial charge >= 0.3 is 0 Å². The van der Waals surface area contributed by atoms with E-state index in [4.69, 9.17) is 5.84 Å². The van der Waals surface area contributed by atoms with Crippen molar-refractivity contribution in [2.45, 2.75) is 6.92 Å². The molecule has 0 unspecified atom stereocenters. The number of nitrogens with two attached hydrogens (primary N) is 1. The standard InChI is InChI=1S/C8H11N3/c1-7(11-9)10-8-5-3-2-4-6-8/h2-6H,9H2,1H3,(H,10,11). The lowest BCUT2D eigenvalue weighted by Gasteiger charge is -1.96. The van der Waals surface area contributed by atoms with E-state index in [1.165, 1.54) is 0 Å². The van der Waals surface area contributed by atoms with E-state index in [2.05, 4.69) is 10.4 Å². The van der Waals surface area contributed by atoms with E-state index in [-0.39, 0.29) is 0 Å². The van der Waals surface area contributed by atoms with Crippen LogP contribution in [0, 0.1) is 0 Å². The van der Waals surface area contributed by atoms with Gasteiger partial charge in [-0.1, -0.05) is 18.2 Å². The summed E-state index contributed by atoms with van der Waals surface area (Å²) in [7, 11) is 0. The van der Waals surface area contributed by atoms with Crippen molar-refractivity contribution in [2.24, 2.45) is 10.8 Å². The van der Waals surface area contributed by atoms with Crippen molar-refractivity contribution in [1.82, 2.24) is 5.43 Å². The number of hydrazine groups is 1. The number of para-hydroxylation sites is 1. The van der Waals surface area contributed by atoms with Crippen LogP contribution < -0.4 is 11.3 Å². The molecular weight excluding hydrogens is 138 g/mol. The number of nitrogens with zero attached hydrogens (tertiary/aromatic N) is 1. The molecule has 0 aliphatic heterocycles. The number of benzene rings is 1. The molecule has 3 nitrogen and oxygen atoms in total. The summed E-state index contributed by atoms with van der Waals surface area (Å²) in [6.45, 7) is 1.81. The second kappa shape index (κ2) is 3.73. The maximum atomic E-state index is 5.14. The first-order chi connectivity index (χ1) is 5.33. The molecule has 0 aliphatic rings. The first-order valence-electron chi connectivity index (χ1n) is 3.40. The third-order valence-corrected chi connectivity index (χ3v) is 1.26. The zero-order valence-corrected chi connectivity index (χ0v) is 6.41. The van der Waals surface area contributed by atoms with E-state index < -0.39 is 0 Å². The maximum absolute atomic E-state index is 5.14. The largest absolute Gasteiger partial charge is 0.312 e. The topological polar surface area (TPSA) is 50.4 Å². The van der Waals surface area contributed by atoms with Gasteiger partial charge in [-0.3, -0.25) is 0 Å². The predicted octanol–water partition coefficient (Wildman–Crippen LogP) is 1.20. The number of nitrogens with one attached hydrogen (secondary N) is 1. The molecule has 0 fully saturated rings. The molecule has 1 aromatic rings. The van der Waals surface area contributed by atoms with E-state index in [0.29, 0.717) is 5.84 Å². The van der Waals surface area contributed by atoms with E-state index in [1.54, 1.807) is 0 Å². The van der Waals surface area contributed by atoms with Crippen LogP contribution in [0.3, 0.4) is 0 Å². The highest BCUT2D eigenvalue weighted by Gasteiger charge is 1.86. The highest BCUT2D eigenvalue weighted by Crippen LogP contribution is 2.08. The van der Waals surface area contributed by atoms with Gasteiger partial charge in [0.25, 0.3) is 0 Å². The van der Waals surface area contributed by atoms with Gasteiger partial charge in [0.15, 0.2) is 0 Å². The van der Waals surface area contributed by atoms with Crippen molar-refractivity contribution in [3.8, 4) is 0 Å². The van der Waals surface area contributed by atoms with Crippen molar-refractivity contribution < 1.29 is 0 Å². The minimum Gasteiger partial charge on any atom is -0.312 e. The highest BCUT2D eigenvalue weighted by atomic mass is 15.2. The Morgan fingerprint density at radius 3 is 2.55 bits per heavy atom. The Morgan fingerprint density at radius 1 is 1.36 bits per heavy atom. The summed E-state index contributed by atoms with van der Waals surface area (Å²) in [4.78, 5) is 4.16. The molecule has 0 atom stereocenters. The summed E-state index contributed by atoms with van der Waals surface area (Å²) in [5.41, 5.74) is 3.37. The van der Waals surface area contributed by atoms with Crippen molar-refractivity contribution in [1.29, 1.82) is 0 Å². The fourth-order valence-electron chi connectivity index (χ4n) is 0.728. The number of hydrogen-bond acceptors (Lipinski definition) is 2. The first-order valence-corrected chi connectivity index (χ1v) is 3.40. The molecule has 0 aliphatic carbocycles. The molecule has 0 amide bonds. The number of aliphatic imine (C=N–C) groups is 1. The summed E-state index contributed by atoms with van der Waals surface area (Å²) >= 11 is 0. The summed E-state index contributed by atoms with van der Waals surface area (Å²) in [6.07, 6.45) is 0.